The van der Waals surface area contributed by atoms with Gasteiger partial charge in [0.2, 0.25) is 0 Å². The fraction of sp³-hybridized carbons (Fsp3) is 0.250. The standard InChI is InChI=1S/C16H18BFO2/c1-12(19-11-13-5-3-2-4-6-13)10-20-14-7-8-15(17)16(18)9-14/h2-9,12H,10-11,17H2,1H3. The molecular weight excluding hydrogens is 254 g/mol. The molecule has 1 unspecified atom stereocenters. The molecule has 2 aromatic rings. The van der Waals surface area contributed by atoms with Crippen molar-refractivity contribution in [1.29, 1.82) is 0 Å². The Morgan fingerprint density at radius 3 is 2.60 bits per heavy atom. The molecule has 0 saturated heterocycles. The number of halogens is 1. The van der Waals surface area contributed by atoms with Gasteiger partial charge in [0.25, 0.3) is 0 Å². The molecule has 0 aliphatic heterocycles. The molecule has 0 bridgehead atoms. The van der Waals surface area contributed by atoms with Crippen molar-refractivity contribution in [2.24, 2.45) is 0 Å². The van der Waals surface area contributed by atoms with Crippen molar-refractivity contribution in [1.82, 2.24) is 0 Å². The smallest absolute Gasteiger partial charge is 0.143 e. The molecule has 2 rings (SSSR count). The molecule has 0 aliphatic rings. The fourth-order valence-electron chi connectivity index (χ4n) is 1.74. The highest BCUT2D eigenvalue weighted by molar-refractivity contribution is 6.32. The molecule has 0 N–H and O–H groups in total. The van der Waals surface area contributed by atoms with Gasteiger partial charge < -0.3 is 9.47 Å². The first-order valence-corrected chi connectivity index (χ1v) is 6.69. The van der Waals surface area contributed by atoms with Crippen molar-refractivity contribution < 1.29 is 13.9 Å². The van der Waals surface area contributed by atoms with Gasteiger partial charge in [-0.25, -0.2) is 4.39 Å². The highest BCUT2D eigenvalue weighted by Gasteiger charge is 2.05. The number of hydrogen-bond donors (Lipinski definition) is 0. The quantitative estimate of drug-likeness (QED) is 0.749. The first-order chi connectivity index (χ1) is 9.65. The van der Waals surface area contributed by atoms with Gasteiger partial charge in [0.05, 0.1) is 12.7 Å². The zero-order valence-corrected chi connectivity index (χ0v) is 11.8. The van der Waals surface area contributed by atoms with Crippen LogP contribution in [0, 0.1) is 5.82 Å². The molecular formula is C16H18BFO2. The molecule has 0 saturated carbocycles. The maximum absolute atomic E-state index is 13.4. The van der Waals surface area contributed by atoms with Crippen LogP contribution < -0.4 is 10.2 Å². The van der Waals surface area contributed by atoms with Gasteiger partial charge in [0, 0.05) is 6.07 Å². The van der Waals surface area contributed by atoms with E-state index in [0.29, 0.717) is 24.4 Å². The first-order valence-electron chi connectivity index (χ1n) is 6.69. The highest BCUT2D eigenvalue weighted by Crippen LogP contribution is 2.11. The summed E-state index contributed by atoms with van der Waals surface area (Å²) in [6, 6.07) is 14.8. The van der Waals surface area contributed by atoms with Crippen LogP contribution >= 0.6 is 0 Å². The number of hydrogen-bond acceptors (Lipinski definition) is 2. The largest absolute Gasteiger partial charge is 0.491 e. The van der Waals surface area contributed by atoms with Crippen LogP contribution in [0.1, 0.15) is 12.5 Å². The lowest BCUT2D eigenvalue weighted by atomic mass is 9.96. The predicted molar refractivity (Wildman–Crippen MR) is 80.8 cm³/mol. The fourth-order valence-corrected chi connectivity index (χ4v) is 1.74. The monoisotopic (exact) mass is 272 g/mol. The summed E-state index contributed by atoms with van der Waals surface area (Å²) in [5.74, 6) is 0.281. The van der Waals surface area contributed by atoms with Crippen LogP contribution in [0.25, 0.3) is 0 Å². The van der Waals surface area contributed by atoms with E-state index in [2.05, 4.69) is 0 Å². The zero-order valence-electron chi connectivity index (χ0n) is 11.8. The molecule has 4 heteroatoms. The van der Waals surface area contributed by atoms with Gasteiger partial charge in [0.1, 0.15) is 26.0 Å². The van der Waals surface area contributed by atoms with Gasteiger partial charge in [-0.05, 0) is 18.6 Å². The van der Waals surface area contributed by atoms with E-state index >= 15 is 0 Å². The lowest BCUT2D eigenvalue weighted by Crippen LogP contribution is -2.18. The van der Waals surface area contributed by atoms with Gasteiger partial charge in [-0.3, -0.25) is 0 Å². The van der Waals surface area contributed by atoms with Crippen LogP contribution in [-0.4, -0.2) is 20.6 Å². The first kappa shape index (κ1) is 14.6. The zero-order chi connectivity index (χ0) is 14.4. The summed E-state index contributed by atoms with van der Waals surface area (Å²) in [4.78, 5) is 0. The minimum absolute atomic E-state index is 0.0560. The molecule has 0 heterocycles. The second-order valence-electron chi connectivity index (χ2n) is 4.83. The van der Waals surface area contributed by atoms with Gasteiger partial charge in [0.15, 0.2) is 0 Å². The Hall–Kier alpha value is -1.81. The molecule has 104 valence electrons. The maximum Gasteiger partial charge on any atom is 0.143 e. The van der Waals surface area contributed by atoms with E-state index < -0.39 is 0 Å². The Kier molecular flexibility index (Phi) is 5.19. The van der Waals surface area contributed by atoms with Crippen molar-refractivity contribution in [3.8, 4) is 5.75 Å². The Morgan fingerprint density at radius 1 is 1.15 bits per heavy atom. The van der Waals surface area contributed by atoms with Crippen molar-refractivity contribution in [2.75, 3.05) is 6.61 Å². The van der Waals surface area contributed by atoms with Crippen LogP contribution in [0.2, 0.25) is 0 Å². The van der Waals surface area contributed by atoms with E-state index in [0.717, 1.165) is 5.56 Å². The van der Waals surface area contributed by atoms with Crippen LogP contribution in [-0.2, 0) is 11.3 Å². The second-order valence-corrected chi connectivity index (χ2v) is 4.83. The molecule has 2 aromatic carbocycles. The Bertz CT molecular complexity index is 545. The lowest BCUT2D eigenvalue weighted by molar-refractivity contribution is 0.0213. The predicted octanol–water partition coefficient (Wildman–Crippen LogP) is 2.07. The maximum atomic E-state index is 13.4. The van der Waals surface area contributed by atoms with E-state index in [1.807, 2.05) is 37.3 Å². The van der Waals surface area contributed by atoms with Gasteiger partial charge in [-0.2, -0.15) is 0 Å². The minimum Gasteiger partial charge on any atom is -0.491 e. The van der Waals surface area contributed by atoms with Gasteiger partial charge in [-0.1, -0.05) is 41.9 Å². The van der Waals surface area contributed by atoms with E-state index in [1.54, 1.807) is 20.0 Å². The van der Waals surface area contributed by atoms with Crippen molar-refractivity contribution >= 4 is 13.3 Å². The topological polar surface area (TPSA) is 18.5 Å². The third kappa shape index (κ3) is 4.39. The lowest BCUT2D eigenvalue weighted by Gasteiger charge is -2.14. The third-order valence-electron chi connectivity index (χ3n) is 3.01. The average molecular weight is 272 g/mol. The molecule has 0 aliphatic carbocycles. The Balaban J connectivity index is 1.77. The normalized spacial score (nSPS) is 12.1. The molecule has 0 amide bonds. The molecule has 1 atom stereocenters. The van der Waals surface area contributed by atoms with Crippen LogP contribution in [0.5, 0.6) is 5.75 Å². The van der Waals surface area contributed by atoms with Crippen LogP contribution in [0.4, 0.5) is 4.39 Å². The number of rotatable bonds is 6. The van der Waals surface area contributed by atoms with Crippen LogP contribution in [0.15, 0.2) is 48.5 Å². The minimum atomic E-state index is -0.250. The summed E-state index contributed by atoms with van der Waals surface area (Å²) in [5.41, 5.74) is 1.74. The summed E-state index contributed by atoms with van der Waals surface area (Å²) in [6.07, 6.45) is -0.0560. The second kappa shape index (κ2) is 7.10. The molecule has 0 fully saturated rings. The van der Waals surface area contributed by atoms with E-state index in [9.17, 15) is 4.39 Å². The molecule has 2 nitrogen and oxygen atoms in total. The highest BCUT2D eigenvalue weighted by atomic mass is 19.1. The summed E-state index contributed by atoms with van der Waals surface area (Å²) >= 11 is 0. The number of benzene rings is 2. The molecule has 0 aromatic heterocycles. The third-order valence-corrected chi connectivity index (χ3v) is 3.01. The average Bonchev–Trinajstić information content (AvgIpc) is 2.47. The molecule has 0 radical (unpaired) electrons. The van der Waals surface area contributed by atoms with E-state index in [-0.39, 0.29) is 11.9 Å². The number of ether oxygens (including phenoxy) is 2. The summed E-state index contributed by atoms with van der Waals surface area (Å²) in [6.45, 7) is 2.89. The van der Waals surface area contributed by atoms with Crippen molar-refractivity contribution in [2.45, 2.75) is 19.6 Å². The Labute approximate surface area is 119 Å². The van der Waals surface area contributed by atoms with Crippen molar-refractivity contribution in [3.05, 3.63) is 59.9 Å². The Morgan fingerprint density at radius 2 is 1.90 bits per heavy atom. The van der Waals surface area contributed by atoms with E-state index in [4.69, 9.17) is 9.47 Å². The van der Waals surface area contributed by atoms with Crippen LogP contribution in [0.3, 0.4) is 0 Å². The summed E-state index contributed by atoms with van der Waals surface area (Å²) < 4.78 is 24.6. The van der Waals surface area contributed by atoms with E-state index in [1.165, 1.54) is 6.07 Å². The molecule has 0 spiro atoms. The molecule has 20 heavy (non-hydrogen) atoms. The van der Waals surface area contributed by atoms with Gasteiger partial charge in [-0.15, -0.1) is 0 Å². The van der Waals surface area contributed by atoms with Crippen molar-refractivity contribution in [3.63, 3.8) is 0 Å². The van der Waals surface area contributed by atoms with Gasteiger partial charge >= 0.3 is 0 Å². The summed E-state index contributed by atoms with van der Waals surface area (Å²) in [5, 5.41) is 0. The summed E-state index contributed by atoms with van der Waals surface area (Å²) in [7, 11) is 1.73. The SMILES string of the molecule is Bc1ccc(OCC(C)OCc2ccccc2)cc1F.